The third-order valence-corrected chi connectivity index (χ3v) is 4.30. The Kier molecular flexibility index (Phi) is 6.34. The normalized spacial score (nSPS) is 10.7. The summed E-state index contributed by atoms with van der Waals surface area (Å²) in [4.78, 5) is 8.17. The van der Waals surface area contributed by atoms with Crippen LogP contribution in [0.1, 0.15) is 23.1 Å². The minimum Gasteiger partial charge on any atom is -0.493 e. The van der Waals surface area contributed by atoms with Crippen LogP contribution >= 0.6 is 0 Å². The van der Waals surface area contributed by atoms with Gasteiger partial charge in [-0.15, -0.1) is 0 Å². The van der Waals surface area contributed by atoms with E-state index < -0.39 is 0 Å². The minimum absolute atomic E-state index is 0.722. The Morgan fingerprint density at radius 1 is 0.923 bits per heavy atom. The second kappa shape index (κ2) is 9.11. The molecule has 1 N–H and O–H groups in total. The summed E-state index contributed by atoms with van der Waals surface area (Å²) in [5.41, 5.74) is 5.82. The average Bonchev–Trinajstić information content (AvgIpc) is 2.67. The first-order valence-electron chi connectivity index (χ1n) is 8.98. The van der Waals surface area contributed by atoms with Crippen molar-refractivity contribution in [1.82, 2.24) is 15.3 Å². The van der Waals surface area contributed by atoms with Crippen LogP contribution < -0.4 is 10.1 Å². The highest BCUT2D eigenvalue weighted by molar-refractivity contribution is 5.62. The molecule has 26 heavy (non-hydrogen) atoms. The molecule has 1 heterocycles. The predicted octanol–water partition coefficient (Wildman–Crippen LogP) is 4.32. The summed E-state index contributed by atoms with van der Waals surface area (Å²) in [6.07, 6.45) is 6.20. The van der Waals surface area contributed by atoms with E-state index in [0.29, 0.717) is 0 Å². The lowest BCUT2D eigenvalue weighted by atomic mass is 10.1. The fourth-order valence-corrected chi connectivity index (χ4v) is 2.94. The van der Waals surface area contributed by atoms with Crippen molar-refractivity contribution in [3.63, 3.8) is 0 Å². The van der Waals surface area contributed by atoms with E-state index in [-0.39, 0.29) is 0 Å². The lowest BCUT2D eigenvalue weighted by Crippen LogP contribution is -2.17. The third-order valence-electron chi connectivity index (χ3n) is 4.30. The molecule has 0 spiro atoms. The fraction of sp³-hybridized carbons (Fsp3) is 0.273. The maximum absolute atomic E-state index is 5.94. The molecule has 4 nitrogen and oxygen atoms in total. The predicted molar refractivity (Wildman–Crippen MR) is 105 cm³/mol. The standard InChI is InChI=1S/C22H25N3O/c1-17-6-3-7-18(2)22(17)26-11-5-10-23-13-19-8-4-9-20(12-19)21-14-24-16-25-15-21/h3-4,6-9,12,14-16,23H,5,10-11,13H2,1-2H3. The monoisotopic (exact) mass is 347 g/mol. The number of aryl methyl sites for hydroxylation is 2. The van der Waals surface area contributed by atoms with Crippen LogP contribution in [0.4, 0.5) is 0 Å². The molecule has 3 aromatic rings. The molecule has 2 aromatic carbocycles. The molecule has 0 amide bonds. The molecule has 0 aliphatic rings. The average molecular weight is 347 g/mol. The van der Waals surface area contributed by atoms with E-state index in [1.165, 1.54) is 16.7 Å². The number of aromatic nitrogens is 2. The van der Waals surface area contributed by atoms with E-state index in [1.54, 1.807) is 6.33 Å². The summed E-state index contributed by atoms with van der Waals surface area (Å²) in [6.45, 7) is 6.66. The SMILES string of the molecule is Cc1cccc(C)c1OCCCNCc1cccc(-c2cncnc2)c1. The van der Waals surface area contributed by atoms with Gasteiger partial charge in [-0.1, -0.05) is 36.4 Å². The van der Waals surface area contributed by atoms with E-state index in [9.17, 15) is 0 Å². The van der Waals surface area contributed by atoms with Crippen molar-refractivity contribution in [2.75, 3.05) is 13.2 Å². The van der Waals surface area contributed by atoms with Gasteiger partial charge in [0.25, 0.3) is 0 Å². The van der Waals surface area contributed by atoms with E-state index in [0.717, 1.165) is 43.0 Å². The summed E-state index contributed by atoms with van der Waals surface area (Å²) in [5.74, 6) is 1.02. The molecule has 0 bridgehead atoms. The number of hydrogen-bond donors (Lipinski definition) is 1. The maximum atomic E-state index is 5.94. The maximum Gasteiger partial charge on any atom is 0.125 e. The van der Waals surface area contributed by atoms with Crippen molar-refractivity contribution in [2.45, 2.75) is 26.8 Å². The van der Waals surface area contributed by atoms with Gasteiger partial charge in [0, 0.05) is 24.5 Å². The van der Waals surface area contributed by atoms with Gasteiger partial charge in [0.05, 0.1) is 6.61 Å². The number of nitrogens with zero attached hydrogens (tertiary/aromatic N) is 2. The van der Waals surface area contributed by atoms with Gasteiger partial charge < -0.3 is 10.1 Å². The van der Waals surface area contributed by atoms with Crippen molar-refractivity contribution < 1.29 is 4.74 Å². The van der Waals surface area contributed by atoms with Crippen LogP contribution in [0.25, 0.3) is 11.1 Å². The summed E-state index contributed by atoms with van der Waals surface area (Å²) < 4.78 is 5.94. The molecule has 0 saturated heterocycles. The molecule has 0 radical (unpaired) electrons. The van der Waals surface area contributed by atoms with Crippen molar-refractivity contribution >= 4 is 0 Å². The van der Waals surface area contributed by atoms with Crippen LogP contribution in [-0.4, -0.2) is 23.1 Å². The van der Waals surface area contributed by atoms with E-state index in [4.69, 9.17) is 4.74 Å². The molecule has 134 valence electrons. The number of rotatable bonds is 8. The quantitative estimate of drug-likeness (QED) is 0.617. The zero-order chi connectivity index (χ0) is 18.2. The highest BCUT2D eigenvalue weighted by Crippen LogP contribution is 2.22. The van der Waals surface area contributed by atoms with Gasteiger partial charge in [-0.05, 0) is 55.1 Å². The molecular formula is C22H25N3O. The summed E-state index contributed by atoms with van der Waals surface area (Å²) >= 11 is 0. The van der Waals surface area contributed by atoms with Crippen molar-refractivity contribution in [2.24, 2.45) is 0 Å². The van der Waals surface area contributed by atoms with Crippen molar-refractivity contribution in [1.29, 1.82) is 0 Å². The second-order valence-electron chi connectivity index (χ2n) is 6.43. The molecule has 0 aliphatic carbocycles. The van der Waals surface area contributed by atoms with Gasteiger partial charge in [0.2, 0.25) is 0 Å². The topological polar surface area (TPSA) is 47.0 Å². The van der Waals surface area contributed by atoms with Crippen LogP contribution in [0.3, 0.4) is 0 Å². The van der Waals surface area contributed by atoms with Crippen LogP contribution in [-0.2, 0) is 6.54 Å². The number of hydrogen-bond acceptors (Lipinski definition) is 4. The summed E-state index contributed by atoms with van der Waals surface area (Å²) in [5, 5.41) is 3.48. The Hall–Kier alpha value is -2.72. The van der Waals surface area contributed by atoms with Crippen LogP contribution in [0.2, 0.25) is 0 Å². The van der Waals surface area contributed by atoms with Gasteiger partial charge >= 0.3 is 0 Å². The summed E-state index contributed by atoms with van der Waals surface area (Å²) in [6, 6.07) is 14.7. The second-order valence-corrected chi connectivity index (χ2v) is 6.43. The van der Waals surface area contributed by atoms with Crippen molar-refractivity contribution in [3.8, 4) is 16.9 Å². The number of benzene rings is 2. The molecule has 0 atom stereocenters. The Bertz CT molecular complexity index is 814. The van der Waals surface area contributed by atoms with Gasteiger partial charge in [0.1, 0.15) is 12.1 Å². The summed E-state index contributed by atoms with van der Waals surface area (Å²) in [7, 11) is 0. The first kappa shape index (κ1) is 18.1. The highest BCUT2D eigenvalue weighted by atomic mass is 16.5. The smallest absolute Gasteiger partial charge is 0.125 e. The highest BCUT2D eigenvalue weighted by Gasteiger charge is 2.03. The van der Waals surface area contributed by atoms with Crippen LogP contribution in [0.15, 0.2) is 61.2 Å². The molecule has 0 aliphatic heterocycles. The Morgan fingerprint density at radius 3 is 2.42 bits per heavy atom. The fourth-order valence-electron chi connectivity index (χ4n) is 2.94. The molecule has 0 unspecified atom stereocenters. The van der Waals surface area contributed by atoms with Crippen LogP contribution in [0.5, 0.6) is 5.75 Å². The first-order chi connectivity index (χ1) is 12.7. The van der Waals surface area contributed by atoms with Crippen LogP contribution in [0, 0.1) is 13.8 Å². The largest absolute Gasteiger partial charge is 0.493 e. The van der Waals surface area contributed by atoms with Gasteiger partial charge in [-0.2, -0.15) is 0 Å². The lowest BCUT2D eigenvalue weighted by molar-refractivity contribution is 0.304. The molecular weight excluding hydrogens is 322 g/mol. The van der Waals surface area contributed by atoms with E-state index in [2.05, 4.69) is 71.6 Å². The Labute approximate surface area is 155 Å². The van der Waals surface area contributed by atoms with E-state index >= 15 is 0 Å². The molecule has 0 saturated carbocycles. The Balaban J connectivity index is 1.43. The molecule has 4 heteroatoms. The zero-order valence-corrected chi connectivity index (χ0v) is 15.4. The lowest BCUT2D eigenvalue weighted by Gasteiger charge is -2.12. The van der Waals surface area contributed by atoms with Crippen molar-refractivity contribution in [3.05, 3.63) is 77.9 Å². The number of nitrogens with one attached hydrogen (secondary N) is 1. The first-order valence-corrected chi connectivity index (χ1v) is 8.98. The molecule has 0 fully saturated rings. The minimum atomic E-state index is 0.722. The number of para-hydroxylation sites is 1. The third kappa shape index (κ3) is 4.90. The number of ether oxygens (including phenoxy) is 1. The molecule has 3 rings (SSSR count). The molecule has 1 aromatic heterocycles. The van der Waals surface area contributed by atoms with Gasteiger partial charge in [0.15, 0.2) is 0 Å². The van der Waals surface area contributed by atoms with Gasteiger partial charge in [-0.25, -0.2) is 9.97 Å². The van der Waals surface area contributed by atoms with Gasteiger partial charge in [-0.3, -0.25) is 0 Å². The zero-order valence-electron chi connectivity index (χ0n) is 15.4. The Morgan fingerprint density at radius 2 is 1.65 bits per heavy atom. The van der Waals surface area contributed by atoms with E-state index in [1.807, 2.05) is 12.4 Å².